The second-order valence-electron chi connectivity index (χ2n) is 9.07. The van der Waals surface area contributed by atoms with Gasteiger partial charge < -0.3 is 23.9 Å². The Morgan fingerprint density at radius 2 is 1.61 bits per heavy atom. The number of hydrogen-bond acceptors (Lipinski definition) is 7. The van der Waals surface area contributed by atoms with Crippen LogP contribution < -0.4 is 19.0 Å². The zero-order valence-electron chi connectivity index (χ0n) is 22.3. The van der Waals surface area contributed by atoms with Crippen molar-refractivity contribution in [2.45, 2.75) is 66.5 Å². The molecule has 0 fully saturated rings. The van der Waals surface area contributed by atoms with E-state index in [-0.39, 0.29) is 18.0 Å². The largest absolute Gasteiger partial charge is 0.493 e. The van der Waals surface area contributed by atoms with Gasteiger partial charge in [0.25, 0.3) is 5.91 Å². The number of methoxy groups -OCH3 is 1. The van der Waals surface area contributed by atoms with Crippen LogP contribution >= 0.6 is 0 Å². The maximum Gasteiger partial charge on any atom is 0.254 e. The summed E-state index contributed by atoms with van der Waals surface area (Å²) >= 11 is 0. The molecule has 0 bridgehead atoms. The van der Waals surface area contributed by atoms with E-state index in [0.29, 0.717) is 47.3 Å². The summed E-state index contributed by atoms with van der Waals surface area (Å²) < 4.78 is 17.2. The second kappa shape index (κ2) is 14.0. The van der Waals surface area contributed by atoms with E-state index >= 15 is 0 Å². The molecular formula is C28H37N3O5. The van der Waals surface area contributed by atoms with Crippen LogP contribution in [0, 0.1) is 11.3 Å². The molecule has 0 aliphatic heterocycles. The van der Waals surface area contributed by atoms with Crippen LogP contribution in [-0.4, -0.2) is 48.9 Å². The Hall–Kier alpha value is -3.73. The molecule has 0 saturated carbocycles. The lowest BCUT2D eigenvalue weighted by Gasteiger charge is -2.31. The molecule has 194 valence electrons. The average molecular weight is 496 g/mol. The molecule has 2 aromatic rings. The van der Waals surface area contributed by atoms with Crippen molar-refractivity contribution in [3.8, 4) is 29.1 Å². The third kappa shape index (κ3) is 8.19. The van der Waals surface area contributed by atoms with Gasteiger partial charge in [0.2, 0.25) is 0 Å². The highest BCUT2D eigenvalue weighted by atomic mass is 16.6. The Morgan fingerprint density at radius 3 is 2.19 bits per heavy atom. The number of nitriles is 1. The molecule has 0 aromatic heterocycles. The monoisotopic (exact) mass is 495 g/mol. The SMILES string of the molecule is COc1cc(C(=O)N(C(C)C)C(C)C)ccc1OCCCCOc1ccc(C#N)c(ON=C(C)C)c1. The van der Waals surface area contributed by atoms with E-state index in [9.17, 15) is 10.1 Å². The van der Waals surface area contributed by atoms with Gasteiger partial charge in [-0.1, -0.05) is 5.16 Å². The number of hydrogen-bond donors (Lipinski definition) is 0. The number of ether oxygens (including phenoxy) is 3. The predicted octanol–water partition coefficient (Wildman–Crippen LogP) is 5.84. The minimum absolute atomic E-state index is 0.0324. The normalized spacial score (nSPS) is 10.6. The fraction of sp³-hybridized carbons (Fsp3) is 0.464. The van der Waals surface area contributed by atoms with Gasteiger partial charge in [-0.25, -0.2) is 0 Å². The highest BCUT2D eigenvalue weighted by Gasteiger charge is 2.22. The number of carbonyl (C=O) groups excluding carboxylic acids is 1. The molecule has 0 saturated heterocycles. The fourth-order valence-corrected chi connectivity index (χ4v) is 3.61. The van der Waals surface area contributed by atoms with E-state index in [1.54, 1.807) is 43.5 Å². The van der Waals surface area contributed by atoms with Crippen LogP contribution in [0.1, 0.15) is 70.3 Å². The number of nitrogens with zero attached hydrogens (tertiary/aromatic N) is 3. The third-order valence-corrected chi connectivity index (χ3v) is 5.22. The smallest absolute Gasteiger partial charge is 0.254 e. The summed E-state index contributed by atoms with van der Waals surface area (Å²) in [7, 11) is 1.57. The molecule has 0 unspecified atom stereocenters. The Balaban J connectivity index is 1.88. The standard InChI is InChI=1S/C28H37N3O5/c1-19(2)30-36-26-17-24(12-10-23(26)18-29)34-14-8-9-15-35-25-13-11-22(16-27(25)33-7)28(32)31(20(3)4)21(5)6/h10-13,16-17,20-21H,8-9,14-15H2,1-7H3. The molecule has 2 aromatic carbocycles. The molecule has 0 spiro atoms. The first-order valence-electron chi connectivity index (χ1n) is 12.2. The van der Waals surface area contributed by atoms with Gasteiger partial charge in [0.05, 0.1) is 31.6 Å². The molecule has 0 radical (unpaired) electrons. The summed E-state index contributed by atoms with van der Waals surface area (Å²) in [6, 6.07) is 12.6. The Kier molecular flexibility index (Phi) is 11.1. The molecule has 0 aliphatic rings. The predicted molar refractivity (Wildman–Crippen MR) is 140 cm³/mol. The second-order valence-corrected chi connectivity index (χ2v) is 9.07. The van der Waals surface area contributed by atoms with Gasteiger partial charge in [-0.15, -0.1) is 0 Å². The first-order valence-corrected chi connectivity index (χ1v) is 12.2. The lowest BCUT2D eigenvalue weighted by atomic mass is 10.1. The molecule has 1 amide bonds. The topological polar surface area (TPSA) is 93.4 Å². The highest BCUT2D eigenvalue weighted by Crippen LogP contribution is 2.29. The quantitative estimate of drug-likeness (QED) is 0.197. The summed E-state index contributed by atoms with van der Waals surface area (Å²) in [6.45, 7) is 12.6. The van der Waals surface area contributed by atoms with E-state index in [0.717, 1.165) is 18.6 Å². The molecule has 0 heterocycles. The van der Waals surface area contributed by atoms with Crippen molar-refractivity contribution in [1.29, 1.82) is 5.26 Å². The molecule has 2 rings (SSSR count). The van der Waals surface area contributed by atoms with Crippen LogP contribution in [0.4, 0.5) is 0 Å². The van der Waals surface area contributed by atoms with Crippen molar-refractivity contribution in [3.63, 3.8) is 0 Å². The van der Waals surface area contributed by atoms with Crippen LogP contribution in [0.5, 0.6) is 23.0 Å². The Bertz CT molecular complexity index is 1080. The first kappa shape index (κ1) is 28.5. The summed E-state index contributed by atoms with van der Waals surface area (Å²) in [5.74, 6) is 2.05. The highest BCUT2D eigenvalue weighted by molar-refractivity contribution is 5.95. The van der Waals surface area contributed by atoms with Crippen LogP contribution in [0.15, 0.2) is 41.6 Å². The number of rotatable bonds is 13. The number of oxime groups is 1. The van der Waals surface area contributed by atoms with Crippen molar-refractivity contribution in [3.05, 3.63) is 47.5 Å². The minimum atomic E-state index is -0.0324. The average Bonchev–Trinajstić information content (AvgIpc) is 2.84. The molecule has 0 atom stereocenters. The van der Waals surface area contributed by atoms with Gasteiger partial charge in [-0.2, -0.15) is 5.26 Å². The fourth-order valence-electron chi connectivity index (χ4n) is 3.61. The van der Waals surface area contributed by atoms with Crippen molar-refractivity contribution < 1.29 is 23.8 Å². The number of carbonyl (C=O) groups is 1. The zero-order valence-corrected chi connectivity index (χ0v) is 22.3. The Labute approximate surface area is 214 Å². The first-order chi connectivity index (χ1) is 17.2. The van der Waals surface area contributed by atoms with E-state index in [1.807, 2.05) is 46.4 Å². The molecule has 8 nitrogen and oxygen atoms in total. The van der Waals surface area contributed by atoms with Gasteiger partial charge in [0, 0.05) is 23.7 Å². The number of benzene rings is 2. The van der Waals surface area contributed by atoms with E-state index in [1.165, 1.54) is 0 Å². The lowest BCUT2D eigenvalue weighted by Crippen LogP contribution is -2.42. The summed E-state index contributed by atoms with van der Waals surface area (Å²) in [6.07, 6.45) is 1.52. The molecular weight excluding hydrogens is 458 g/mol. The third-order valence-electron chi connectivity index (χ3n) is 5.22. The number of amides is 1. The summed E-state index contributed by atoms with van der Waals surface area (Å²) in [5.41, 5.74) is 1.71. The lowest BCUT2D eigenvalue weighted by molar-refractivity contribution is 0.0643. The minimum Gasteiger partial charge on any atom is -0.493 e. The van der Waals surface area contributed by atoms with Gasteiger partial charge >= 0.3 is 0 Å². The number of unbranched alkanes of at least 4 members (excludes halogenated alkanes) is 1. The maximum atomic E-state index is 13.0. The molecule has 0 aliphatic carbocycles. The Morgan fingerprint density at radius 1 is 0.944 bits per heavy atom. The van der Waals surface area contributed by atoms with Gasteiger partial charge in [-0.05, 0) is 84.7 Å². The maximum absolute atomic E-state index is 13.0. The van der Waals surface area contributed by atoms with Crippen molar-refractivity contribution in [2.24, 2.45) is 5.16 Å². The molecule has 8 heteroatoms. The van der Waals surface area contributed by atoms with Crippen LogP contribution in [0.2, 0.25) is 0 Å². The van der Waals surface area contributed by atoms with Gasteiger partial charge in [-0.3, -0.25) is 4.79 Å². The van der Waals surface area contributed by atoms with E-state index < -0.39 is 0 Å². The van der Waals surface area contributed by atoms with Crippen molar-refractivity contribution in [1.82, 2.24) is 4.90 Å². The van der Waals surface area contributed by atoms with E-state index in [2.05, 4.69) is 11.2 Å². The van der Waals surface area contributed by atoms with Crippen LogP contribution in [0.25, 0.3) is 0 Å². The van der Waals surface area contributed by atoms with Crippen molar-refractivity contribution in [2.75, 3.05) is 20.3 Å². The summed E-state index contributed by atoms with van der Waals surface area (Å²) in [4.78, 5) is 20.1. The molecule has 36 heavy (non-hydrogen) atoms. The van der Waals surface area contributed by atoms with Gasteiger partial charge in [0.15, 0.2) is 17.2 Å². The van der Waals surface area contributed by atoms with Crippen molar-refractivity contribution >= 4 is 11.6 Å². The van der Waals surface area contributed by atoms with E-state index in [4.69, 9.17) is 19.0 Å². The van der Waals surface area contributed by atoms with Crippen LogP contribution in [0.3, 0.4) is 0 Å². The van der Waals surface area contributed by atoms with Crippen LogP contribution in [-0.2, 0) is 0 Å². The molecule has 0 N–H and O–H groups in total. The summed E-state index contributed by atoms with van der Waals surface area (Å²) in [5, 5.41) is 13.1. The van der Waals surface area contributed by atoms with Gasteiger partial charge in [0.1, 0.15) is 11.8 Å². The zero-order chi connectivity index (χ0) is 26.7.